The average molecular weight is 219 g/mol. The molecule has 0 aliphatic carbocycles. The molecule has 11 heavy (non-hydrogen) atoms. The van der Waals surface area contributed by atoms with Crippen molar-refractivity contribution in [1.29, 1.82) is 0 Å². The molecular weight excluding hydrogens is 212 g/mol. The molecule has 1 rings (SSSR count). The van der Waals surface area contributed by atoms with Crippen molar-refractivity contribution >= 4 is 40.2 Å². The van der Waals surface area contributed by atoms with E-state index >= 15 is 0 Å². The molecule has 0 aromatic heterocycles. The van der Waals surface area contributed by atoms with E-state index in [0.717, 1.165) is 5.75 Å². The second-order valence-corrected chi connectivity index (χ2v) is 8.49. The highest BCUT2D eigenvalue weighted by Gasteiger charge is 1.84. The zero-order valence-electron chi connectivity index (χ0n) is 5.73. The fourth-order valence-corrected chi connectivity index (χ4v) is 2.68. The van der Waals surface area contributed by atoms with Crippen LogP contribution in [-0.4, -0.2) is 0 Å². The van der Waals surface area contributed by atoms with Gasteiger partial charge in [-0.15, -0.1) is 0 Å². The van der Waals surface area contributed by atoms with Crippen LogP contribution < -0.4 is 0 Å². The quantitative estimate of drug-likeness (QED) is 0.566. The summed E-state index contributed by atoms with van der Waals surface area (Å²) < 4.78 is 0. The average Bonchev–Trinajstić information content (AvgIpc) is 2.03. The molecule has 0 aliphatic heterocycles. The molecule has 4 heteroatoms. The molecule has 0 bridgehead atoms. The maximum Gasteiger partial charge on any atom is -0.00112 e. The molecule has 0 fully saturated rings. The number of hydrogen-bond donors (Lipinski definition) is 0. The van der Waals surface area contributed by atoms with Gasteiger partial charge in [0.25, 0.3) is 0 Å². The first kappa shape index (κ1) is 9.45. The lowest BCUT2D eigenvalue weighted by Gasteiger charge is -2.03. The lowest BCUT2D eigenvalue weighted by atomic mass is 10.2. The minimum absolute atomic E-state index is 0.333. The largest absolute Gasteiger partial charge is 0.293 e. The summed E-state index contributed by atoms with van der Waals surface area (Å²) in [5.41, 5.74) is 1.30. The van der Waals surface area contributed by atoms with Crippen molar-refractivity contribution in [3.8, 4) is 0 Å². The van der Waals surface area contributed by atoms with Gasteiger partial charge in [0.05, 0.1) is 0 Å². The third kappa shape index (κ3) is 4.06. The molecule has 0 saturated carbocycles. The summed E-state index contributed by atoms with van der Waals surface area (Å²) >= 11 is 9.77. The summed E-state index contributed by atoms with van der Waals surface area (Å²) in [5, 5.41) is 0. The lowest BCUT2D eigenvalue weighted by molar-refractivity contribution is 1.43. The monoisotopic (exact) mass is 219 g/mol. The molecule has 0 unspecified atom stereocenters. The molecule has 1 aromatic rings. The van der Waals surface area contributed by atoms with Crippen molar-refractivity contribution in [3.63, 3.8) is 0 Å². The van der Waals surface area contributed by atoms with Crippen molar-refractivity contribution in [2.24, 2.45) is 0 Å². The molecule has 0 heterocycles. The van der Waals surface area contributed by atoms with Crippen LogP contribution in [0.1, 0.15) is 5.56 Å². The van der Waals surface area contributed by atoms with Crippen LogP contribution in [0, 0.1) is 0 Å². The molecule has 0 saturated heterocycles. The molecule has 0 spiro atoms. The number of rotatable bonds is 3. The Bertz CT molecular complexity index is 268. The Morgan fingerprint density at radius 3 is 2.36 bits per heavy atom. The summed E-state index contributed by atoms with van der Waals surface area (Å²) in [4.78, 5) is 0. The van der Waals surface area contributed by atoms with Crippen LogP contribution in [-0.2, 0) is 35.2 Å². The van der Waals surface area contributed by atoms with Crippen molar-refractivity contribution in [1.82, 2.24) is 0 Å². The topological polar surface area (TPSA) is 0 Å². The van der Waals surface area contributed by atoms with Crippen LogP contribution in [0.25, 0.3) is 0 Å². The predicted octanol–water partition coefficient (Wildman–Crippen LogP) is 2.38. The van der Waals surface area contributed by atoms with Gasteiger partial charge >= 0.3 is 0 Å². The molecule has 0 nitrogen and oxygen atoms in total. The van der Waals surface area contributed by atoms with Crippen LogP contribution in [0.3, 0.4) is 0 Å². The minimum Gasteiger partial charge on any atom is -0.293 e. The molecule has 0 radical (unpaired) electrons. The van der Waals surface area contributed by atoms with Gasteiger partial charge in [-0.25, -0.2) is 22.4 Å². The van der Waals surface area contributed by atoms with Crippen molar-refractivity contribution in [2.75, 3.05) is 0 Å². The van der Waals surface area contributed by atoms with Gasteiger partial charge in [-0.05, 0) is 11.3 Å². The third-order valence-corrected chi connectivity index (χ3v) is 4.47. The van der Waals surface area contributed by atoms with Crippen molar-refractivity contribution in [2.45, 2.75) is 5.75 Å². The van der Waals surface area contributed by atoms with Gasteiger partial charge in [-0.3, -0.25) is 17.8 Å². The van der Waals surface area contributed by atoms with Gasteiger partial charge in [0.2, 0.25) is 0 Å². The van der Waals surface area contributed by atoms with Crippen LogP contribution >= 0.6 is 10.8 Å². The Morgan fingerprint density at radius 1 is 1.18 bits per heavy atom. The Hall–Kier alpha value is 0.360. The highest BCUT2D eigenvalue weighted by molar-refractivity contribution is 8.90. The smallest absolute Gasteiger partial charge is 0.00112 e. The Kier molecular flexibility index (Phi) is 4.37. The predicted molar refractivity (Wildman–Crippen MR) is 59.8 cm³/mol. The summed E-state index contributed by atoms with van der Waals surface area (Å²) in [5.74, 6) is 0.941. The van der Waals surface area contributed by atoms with E-state index in [-0.39, 0.29) is 7.05 Å². The van der Waals surface area contributed by atoms with Gasteiger partial charge in [0, 0.05) is 0 Å². The van der Waals surface area contributed by atoms with Crippen LogP contribution in [0.4, 0.5) is 0 Å². The van der Waals surface area contributed by atoms with E-state index < -0.39 is 0 Å². The fourth-order valence-electron chi connectivity index (χ4n) is 0.690. The van der Waals surface area contributed by atoms with Gasteiger partial charge in [-0.2, -0.15) is 0 Å². The molecule has 60 valence electrons. The Labute approximate surface area is 81.6 Å². The zero-order valence-corrected chi connectivity index (χ0v) is 8.99. The SMILES string of the molecule is S=[S-](=S)SCc1ccccc1. The molecule has 0 atom stereocenters. The van der Waals surface area contributed by atoms with E-state index in [4.69, 9.17) is 22.4 Å². The van der Waals surface area contributed by atoms with E-state index in [0.29, 0.717) is 0 Å². The molecule has 0 amide bonds. The first-order valence-corrected chi connectivity index (χ1v) is 7.63. The third-order valence-electron chi connectivity index (χ3n) is 1.16. The first-order valence-electron chi connectivity index (χ1n) is 3.05. The van der Waals surface area contributed by atoms with Gasteiger partial charge < -0.3 is 0 Å². The maximum absolute atomic E-state index is 4.88. The summed E-state index contributed by atoms with van der Waals surface area (Å²) in [6, 6.07) is 10.2. The Balaban J connectivity index is 2.52. The number of hydrogen-bond acceptors (Lipinski definition) is 4. The first-order chi connectivity index (χ1) is 5.29. The lowest BCUT2D eigenvalue weighted by Crippen LogP contribution is -1.76. The van der Waals surface area contributed by atoms with Crippen molar-refractivity contribution < 1.29 is 0 Å². The number of benzene rings is 1. The van der Waals surface area contributed by atoms with E-state index in [2.05, 4.69) is 12.1 Å². The second kappa shape index (κ2) is 5.09. The molecule has 0 aliphatic rings. The van der Waals surface area contributed by atoms with Gasteiger partial charge in [0.1, 0.15) is 0 Å². The molecular formula is C7H7S4-. The van der Waals surface area contributed by atoms with E-state index in [1.807, 2.05) is 18.2 Å². The standard InChI is InChI=1S/C7H7S4/c8-11(9)10-6-7-4-2-1-3-5-7/h1-5H,6H2/q-1. The maximum atomic E-state index is 4.88. The van der Waals surface area contributed by atoms with E-state index in [1.54, 1.807) is 10.8 Å². The summed E-state index contributed by atoms with van der Waals surface area (Å²) in [6.45, 7) is 0. The minimum atomic E-state index is -0.333. The van der Waals surface area contributed by atoms with Crippen LogP contribution in [0.15, 0.2) is 30.3 Å². The van der Waals surface area contributed by atoms with Crippen LogP contribution in [0.5, 0.6) is 0 Å². The zero-order chi connectivity index (χ0) is 8.10. The second-order valence-electron chi connectivity index (χ2n) is 1.95. The Morgan fingerprint density at radius 2 is 1.82 bits per heavy atom. The summed E-state index contributed by atoms with van der Waals surface area (Å²) in [6.07, 6.45) is 0. The summed E-state index contributed by atoms with van der Waals surface area (Å²) in [7, 11) is 1.31. The fraction of sp³-hybridized carbons (Fsp3) is 0.143. The highest BCUT2D eigenvalue weighted by atomic mass is 33.5. The molecule has 1 aromatic carbocycles. The van der Waals surface area contributed by atoms with Gasteiger partial charge in [0.15, 0.2) is 0 Å². The van der Waals surface area contributed by atoms with E-state index in [9.17, 15) is 0 Å². The van der Waals surface area contributed by atoms with Crippen molar-refractivity contribution in [3.05, 3.63) is 35.9 Å². The normalized spacial score (nSPS) is 10.3. The molecule has 0 N–H and O–H groups in total. The van der Waals surface area contributed by atoms with Gasteiger partial charge in [-0.1, -0.05) is 30.3 Å². The van der Waals surface area contributed by atoms with E-state index in [1.165, 1.54) is 5.56 Å². The highest BCUT2D eigenvalue weighted by Crippen LogP contribution is 2.11. The van der Waals surface area contributed by atoms with Crippen LogP contribution in [0.2, 0.25) is 0 Å².